The van der Waals surface area contributed by atoms with E-state index in [9.17, 15) is 4.79 Å². The van der Waals surface area contributed by atoms with Crippen LogP contribution in [-0.2, 0) is 4.79 Å². The molecule has 0 atom stereocenters. The average molecular weight is 278 g/mol. The number of nitrogens with one attached hydrogen (secondary N) is 1. The lowest BCUT2D eigenvalue weighted by Gasteiger charge is -2.06. The largest absolute Gasteiger partial charge is 0.322 e. The van der Waals surface area contributed by atoms with Gasteiger partial charge in [-0.3, -0.25) is 14.3 Å². The minimum atomic E-state index is -0.239. The van der Waals surface area contributed by atoms with E-state index in [1.807, 2.05) is 41.8 Å². The van der Waals surface area contributed by atoms with Crippen LogP contribution in [0.1, 0.15) is 5.69 Å². The topological polar surface area (TPSA) is 59.8 Å². The van der Waals surface area contributed by atoms with Gasteiger partial charge >= 0.3 is 0 Å². The highest BCUT2D eigenvalue weighted by Crippen LogP contribution is 2.21. The Morgan fingerprint density at radius 1 is 1.29 bits per heavy atom. The summed E-state index contributed by atoms with van der Waals surface area (Å²) in [4.78, 5) is 20.0. The van der Waals surface area contributed by atoms with Gasteiger partial charge in [-0.1, -0.05) is 6.58 Å². The van der Waals surface area contributed by atoms with Crippen molar-refractivity contribution in [3.05, 3.63) is 61.2 Å². The molecule has 3 rings (SSSR count). The van der Waals surface area contributed by atoms with E-state index in [1.54, 1.807) is 12.5 Å². The van der Waals surface area contributed by atoms with E-state index >= 15 is 0 Å². The molecule has 5 heteroatoms. The highest BCUT2D eigenvalue weighted by atomic mass is 16.1. The molecule has 0 spiro atoms. The van der Waals surface area contributed by atoms with Crippen LogP contribution in [0.2, 0.25) is 0 Å². The molecule has 0 fully saturated rings. The summed E-state index contributed by atoms with van der Waals surface area (Å²) in [7, 11) is 0. The van der Waals surface area contributed by atoms with E-state index in [4.69, 9.17) is 0 Å². The summed E-state index contributed by atoms with van der Waals surface area (Å²) < 4.78 is 1.94. The first kappa shape index (κ1) is 13.1. The molecule has 1 amide bonds. The van der Waals surface area contributed by atoms with Crippen LogP contribution in [0.5, 0.6) is 0 Å². The second-order valence-electron chi connectivity index (χ2n) is 4.67. The van der Waals surface area contributed by atoms with Crippen molar-refractivity contribution >= 4 is 22.6 Å². The van der Waals surface area contributed by atoms with Crippen molar-refractivity contribution < 1.29 is 4.79 Å². The Balaban J connectivity index is 2.07. The zero-order chi connectivity index (χ0) is 14.8. The summed E-state index contributed by atoms with van der Waals surface area (Å²) in [6.07, 6.45) is 4.78. The molecule has 104 valence electrons. The molecule has 0 saturated carbocycles. The number of nitrogens with zero attached hydrogens (tertiary/aromatic N) is 3. The van der Waals surface area contributed by atoms with Crippen LogP contribution in [0.3, 0.4) is 0 Å². The Morgan fingerprint density at radius 3 is 2.86 bits per heavy atom. The maximum Gasteiger partial charge on any atom is 0.247 e. The fourth-order valence-electron chi connectivity index (χ4n) is 2.09. The number of amides is 1. The first-order valence-electron chi connectivity index (χ1n) is 6.51. The maximum absolute atomic E-state index is 11.4. The lowest BCUT2D eigenvalue weighted by atomic mass is 10.2. The van der Waals surface area contributed by atoms with Gasteiger partial charge < -0.3 is 5.32 Å². The summed E-state index contributed by atoms with van der Waals surface area (Å²) in [5.41, 5.74) is 4.35. The number of hydrogen-bond donors (Lipinski definition) is 1. The summed E-state index contributed by atoms with van der Waals surface area (Å²) in [5.74, 6) is -0.239. The highest BCUT2D eigenvalue weighted by molar-refractivity contribution is 6.00. The first-order chi connectivity index (χ1) is 10.2. The monoisotopic (exact) mass is 278 g/mol. The molecule has 0 aliphatic carbocycles. The zero-order valence-corrected chi connectivity index (χ0v) is 11.6. The third-order valence-corrected chi connectivity index (χ3v) is 3.17. The van der Waals surface area contributed by atoms with Crippen LogP contribution in [0.4, 0.5) is 5.69 Å². The van der Waals surface area contributed by atoms with Gasteiger partial charge in [0.15, 0.2) is 0 Å². The van der Waals surface area contributed by atoms with Gasteiger partial charge in [0.05, 0.1) is 22.9 Å². The molecular formula is C16H14N4O. The lowest BCUT2D eigenvalue weighted by molar-refractivity contribution is -0.111. The zero-order valence-electron chi connectivity index (χ0n) is 11.6. The molecular weight excluding hydrogens is 264 g/mol. The van der Waals surface area contributed by atoms with Crippen molar-refractivity contribution in [1.29, 1.82) is 0 Å². The molecule has 0 unspecified atom stereocenters. The van der Waals surface area contributed by atoms with Crippen molar-refractivity contribution in [3.63, 3.8) is 0 Å². The number of hydrogen-bond acceptors (Lipinski definition) is 3. The van der Waals surface area contributed by atoms with Crippen molar-refractivity contribution in [2.45, 2.75) is 6.92 Å². The van der Waals surface area contributed by atoms with Crippen LogP contribution in [-0.4, -0.2) is 20.4 Å². The summed E-state index contributed by atoms with van der Waals surface area (Å²) in [6, 6.07) is 9.49. The average Bonchev–Trinajstić information content (AvgIpc) is 2.91. The number of imidazole rings is 1. The van der Waals surface area contributed by atoms with Gasteiger partial charge in [-0.15, -0.1) is 0 Å². The van der Waals surface area contributed by atoms with Gasteiger partial charge in [0.25, 0.3) is 0 Å². The predicted molar refractivity (Wildman–Crippen MR) is 82.4 cm³/mol. The van der Waals surface area contributed by atoms with E-state index in [-0.39, 0.29) is 5.91 Å². The number of carbonyl (C=O) groups excluding carboxylic acids is 1. The normalized spacial score (nSPS) is 10.5. The Labute approximate surface area is 122 Å². The van der Waals surface area contributed by atoms with Gasteiger partial charge in [0, 0.05) is 11.4 Å². The van der Waals surface area contributed by atoms with Crippen LogP contribution < -0.4 is 5.32 Å². The molecule has 1 N–H and O–H groups in total. The molecule has 0 saturated heterocycles. The molecule has 2 aromatic heterocycles. The van der Waals surface area contributed by atoms with Gasteiger partial charge in [-0.2, -0.15) is 0 Å². The van der Waals surface area contributed by atoms with Crippen molar-refractivity contribution in [2.24, 2.45) is 0 Å². The van der Waals surface area contributed by atoms with E-state index in [0.717, 1.165) is 22.4 Å². The fraction of sp³-hybridized carbons (Fsp3) is 0.0625. The van der Waals surface area contributed by atoms with Crippen LogP contribution >= 0.6 is 0 Å². The lowest BCUT2D eigenvalue weighted by Crippen LogP contribution is -2.07. The summed E-state index contributed by atoms with van der Waals surface area (Å²) >= 11 is 0. The molecule has 21 heavy (non-hydrogen) atoms. The number of anilines is 1. The number of fused-ring (bicyclic) bond motifs is 1. The SMILES string of the molecule is C=CC(=O)Nc1ccc2ncn(-c3ccc(C)nc3)c2c1. The molecule has 0 bridgehead atoms. The molecule has 0 radical (unpaired) electrons. The number of rotatable bonds is 3. The van der Waals surface area contributed by atoms with Crippen LogP contribution in [0, 0.1) is 6.92 Å². The van der Waals surface area contributed by atoms with Gasteiger partial charge in [-0.25, -0.2) is 4.98 Å². The van der Waals surface area contributed by atoms with Crippen molar-refractivity contribution in [3.8, 4) is 5.69 Å². The van der Waals surface area contributed by atoms with Crippen LogP contribution in [0.15, 0.2) is 55.5 Å². The standard InChI is InChI=1S/C16H14N4O/c1-3-16(21)19-12-5-7-14-15(8-12)20(10-18-14)13-6-4-11(2)17-9-13/h3-10H,1H2,2H3,(H,19,21). The summed E-state index contributed by atoms with van der Waals surface area (Å²) in [6.45, 7) is 5.39. The third-order valence-electron chi connectivity index (χ3n) is 3.17. The molecule has 0 aliphatic rings. The number of aryl methyl sites for hydroxylation is 1. The molecule has 5 nitrogen and oxygen atoms in total. The second-order valence-corrected chi connectivity index (χ2v) is 4.67. The first-order valence-corrected chi connectivity index (χ1v) is 6.51. The van der Waals surface area contributed by atoms with Gasteiger partial charge in [0.1, 0.15) is 6.33 Å². The van der Waals surface area contributed by atoms with E-state index in [2.05, 4.69) is 21.9 Å². The predicted octanol–water partition coefficient (Wildman–Crippen LogP) is 2.85. The quantitative estimate of drug-likeness (QED) is 0.749. The number of pyridine rings is 1. The van der Waals surface area contributed by atoms with E-state index < -0.39 is 0 Å². The Bertz CT molecular complexity index is 818. The van der Waals surface area contributed by atoms with Crippen molar-refractivity contribution in [1.82, 2.24) is 14.5 Å². The maximum atomic E-state index is 11.4. The molecule has 1 aromatic carbocycles. The van der Waals surface area contributed by atoms with E-state index in [0.29, 0.717) is 5.69 Å². The molecule has 0 aliphatic heterocycles. The smallest absolute Gasteiger partial charge is 0.247 e. The number of benzene rings is 1. The minimum Gasteiger partial charge on any atom is -0.322 e. The number of aromatic nitrogens is 3. The number of carbonyl (C=O) groups is 1. The Hall–Kier alpha value is -2.95. The van der Waals surface area contributed by atoms with Crippen molar-refractivity contribution in [2.75, 3.05) is 5.32 Å². The minimum absolute atomic E-state index is 0.239. The highest BCUT2D eigenvalue weighted by Gasteiger charge is 2.07. The molecule has 2 heterocycles. The fourth-order valence-corrected chi connectivity index (χ4v) is 2.09. The second kappa shape index (κ2) is 5.20. The van der Waals surface area contributed by atoms with E-state index in [1.165, 1.54) is 6.08 Å². The third kappa shape index (κ3) is 2.53. The summed E-state index contributed by atoms with van der Waals surface area (Å²) in [5, 5.41) is 2.75. The van der Waals surface area contributed by atoms with Gasteiger partial charge in [0.2, 0.25) is 5.91 Å². The molecule has 3 aromatic rings. The Kier molecular flexibility index (Phi) is 3.23. The van der Waals surface area contributed by atoms with Gasteiger partial charge in [-0.05, 0) is 43.3 Å². The Morgan fingerprint density at radius 2 is 2.14 bits per heavy atom. The van der Waals surface area contributed by atoms with Crippen LogP contribution in [0.25, 0.3) is 16.7 Å².